The molecule has 1 N–H and O–H groups in total. The Kier molecular flexibility index (Phi) is 5.84. The Labute approximate surface area is 102 Å². The minimum absolute atomic E-state index is 0.534. The first-order valence-electron chi connectivity index (χ1n) is 6.02. The Morgan fingerprint density at radius 3 is 2.35 bits per heavy atom. The first-order chi connectivity index (χ1) is 8.15. The second-order valence-electron chi connectivity index (χ2n) is 4.04. The van der Waals surface area contributed by atoms with Gasteiger partial charge in [0, 0.05) is 12.6 Å². The SMILES string of the molecule is CCCNC/C(=C/c1cc(F)cc(F)c1)CC. The number of rotatable bonds is 6. The van der Waals surface area contributed by atoms with Crippen LogP contribution in [0, 0.1) is 11.6 Å². The topological polar surface area (TPSA) is 12.0 Å². The number of hydrogen-bond donors (Lipinski definition) is 1. The molecule has 0 atom stereocenters. The summed E-state index contributed by atoms with van der Waals surface area (Å²) in [5, 5.41) is 3.28. The van der Waals surface area contributed by atoms with Crippen molar-refractivity contribution in [2.45, 2.75) is 26.7 Å². The monoisotopic (exact) mass is 239 g/mol. The second kappa shape index (κ2) is 7.17. The lowest BCUT2D eigenvalue weighted by atomic mass is 10.1. The fraction of sp³-hybridized carbons (Fsp3) is 0.429. The van der Waals surface area contributed by atoms with Gasteiger partial charge in [0.05, 0.1) is 0 Å². The third-order valence-corrected chi connectivity index (χ3v) is 2.49. The van der Waals surface area contributed by atoms with Crippen molar-refractivity contribution in [3.8, 4) is 0 Å². The van der Waals surface area contributed by atoms with Gasteiger partial charge in [0.2, 0.25) is 0 Å². The molecule has 0 heterocycles. The summed E-state index contributed by atoms with van der Waals surface area (Å²) in [5.41, 5.74) is 1.72. The van der Waals surface area contributed by atoms with Crippen LogP contribution in [-0.4, -0.2) is 13.1 Å². The summed E-state index contributed by atoms with van der Waals surface area (Å²) in [6, 6.07) is 3.58. The highest BCUT2D eigenvalue weighted by Gasteiger charge is 2.00. The van der Waals surface area contributed by atoms with Crippen molar-refractivity contribution in [1.29, 1.82) is 0 Å². The van der Waals surface area contributed by atoms with E-state index >= 15 is 0 Å². The van der Waals surface area contributed by atoms with Gasteiger partial charge in [0.25, 0.3) is 0 Å². The average Bonchev–Trinajstić information content (AvgIpc) is 2.26. The maximum absolute atomic E-state index is 13.0. The van der Waals surface area contributed by atoms with Gasteiger partial charge in [-0.3, -0.25) is 0 Å². The molecular formula is C14H19F2N. The van der Waals surface area contributed by atoms with Crippen LogP contribution in [0.5, 0.6) is 0 Å². The molecule has 0 aliphatic rings. The predicted molar refractivity (Wildman–Crippen MR) is 67.8 cm³/mol. The van der Waals surface area contributed by atoms with Gasteiger partial charge >= 0.3 is 0 Å². The number of halogens is 2. The van der Waals surface area contributed by atoms with E-state index < -0.39 is 11.6 Å². The molecule has 1 aromatic rings. The van der Waals surface area contributed by atoms with Crippen molar-refractivity contribution in [3.05, 3.63) is 41.0 Å². The van der Waals surface area contributed by atoms with E-state index in [0.717, 1.165) is 37.6 Å². The fourth-order valence-corrected chi connectivity index (χ4v) is 1.60. The van der Waals surface area contributed by atoms with Crippen LogP contribution in [-0.2, 0) is 0 Å². The molecule has 0 fully saturated rings. The molecule has 3 heteroatoms. The van der Waals surface area contributed by atoms with Crippen molar-refractivity contribution in [2.24, 2.45) is 0 Å². The molecule has 1 nitrogen and oxygen atoms in total. The zero-order chi connectivity index (χ0) is 12.7. The molecule has 0 bridgehead atoms. The van der Waals surface area contributed by atoms with Crippen molar-refractivity contribution in [3.63, 3.8) is 0 Å². The van der Waals surface area contributed by atoms with Crippen LogP contribution < -0.4 is 5.32 Å². The summed E-state index contributed by atoms with van der Waals surface area (Å²) in [5.74, 6) is -1.07. The van der Waals surface area contributed by atoms with E-state index in [4.69, 9.17) is 0 Å². The molecule has 17 heavy (non-hydrogen) atoms. The number of benzene rings is 1. The van der Waals surface area contributed by atoms with Gasteiger partial charge in [-0.15, -0.1) is 0 Å². The van der Waals surface area contributed by atoms with E-state index in [2.05, 4.69) is 12.2 Å². The maximum atomic E-state index is 13.0. The van der Waals surface area contributed by atoms with Crippen LogP contribution in [0.4, 0.5) is 8.78 Å². The Balaban J connectivity index is 2.75. The first kappa shape index (κ1) is 13.8. The highest BCUT2D eigenvalue weighted by Crippen LogP contribution is 2.13. The number of hydrogen-bond acceptors (Lipinski definition) is 1. The molecule has 0 aromatic heterocycles. The summed E-state index contributed by atoms with van der Waals surface area (Å²) >= 11 is 0. The third-order valence-electron chi connectivity index (χ3n) is 2.49. The number of nitrogens with one attached hydrogen (secondary N) is 1. The van der Waals surface area contributed by atoms with Crippen molar-refractivity contribution in [2.75, 3.05) is 13.1 Å². The molecule has 94 valence electrons. The normalized spacial score (nSPS) is 11.9. The molecule has 0 spiro atoms. The molecule has 0 amide bonds. The van der Waals surface area contributed by atoms with Gasteiger partial charge in [-0.25, -0.2) is 8.78 Å². The Morgan fingerprint density at radius 2 is 1.82 bits per heavy atom. The average molecular weight is 239 g/mol. The first-order valence-corrected chi connectivity index (χ1v) is 6.02. The van der Waals surface area contributed by atoms with E-state index in [9.17, 15) is 8.78 Å². The Bertz CT molecular complexity index is 366. The zero-order valence-electron chi connectivity index (χ0n) is 10.4. The molecule has 0 unspecified atom stereocenters. The standard InChI is InChI=1S/C14H19F2N/c1-3-5-17-10-11(4-2)6-12-7-13(15)9-14(16)8-12/h6-9,17H,3-5,10H2,1-2H3/b11-6+. The third kappa shape index (κ3) is 5.09. The highest BCUT2D eigenvalue weighted by molar-refractivity contribution is 5.53. The molecule has 0 saturated carbocycles. The van der Waals surface area contributed by atoms with Crippen LogP contribution in [0.3, 0.4) is 0 Å². The van der Waals surface area contributed by atoms with Crippen LogP contribution in [0.2, 0.25) is 0 Å². The Hall–Kier alpha value is -1.22. The summed E-state index contributed by atoms with van der Waals surface area (Å²) in [7, 11) is 0. The molecule has 0 aliphatic carbocycles. The predicted octanol–water partition coefficient (Wildman–Crippen LogP) is 3.76. The molecule has 0 radical (unpaired) electrons. The fourth-order valence-electron chi connectivity index (χ4n) is 1.60. The van der Waals surface area contributed by atoms with E-state index in [-0.39, 0.29) is 0 Å². The van der Waals surface area contributed by atoms with Gasteiger partial charge in [-0.05, 0) is 37.1 Å². The van der Waals surface area contributed by atoms with E-state index in [1.165, 1.54) is 12.1 Å². The second-order valence-corrected chi connectivity index (χ2v) is 4.04. The highest BCUT2D eigenvalue weighted by atomic mass is 19.1. The summed E-state index contributed by atoms with van der Waals surface area (Å²) < 4.78 is 26.0. The molecule has 0 aliphatic heterocycles. The van der Waals surface area contributed by atoms with E-state index in [1.807, 2.05) is 13.0 Å². The van der Waals surface area contributed by atoms with Crippen LogP contribution >= 0.6 is 0 Å². The lowest BCUT2D eigenvalue weighted by Crippen LogP contribution is -2.17. The van der Waals surface area contributed by atoms with E-state index in [1.54, 1.807) is 0 Å². The van der Waals surface area contributed by atoms with Crippen LogP contribution in [0.15, 0.2) is 23.8 Å². The van der Waals surface area contributed by atoms with Gasteiger partial charge in [0.15, 0.2) is 0 Å². The lowest BCUT2D eigenvalue weighted by molar-refractivity contribution is 0.583. The van der Waals surface area contributed by atoms with Gasteiger partial charge in [-0.1, -0.05) is 25.5 Å². The Morgan fingerprint density at radius 1 is 1.18 bits per heavy atom. The molecule has 1 rings (SSSR count). The summed E-state index contributed by atoms with van der Waals surface area (Å²) in [4.78, 5) is 0. The van der Waals surface area contributed by atoms with Crippen molar-refractivity contribution < 1.29 is 8.78 Å². The molecule has 0 saturated heterocycles. The van der Waals surface area contributed by atoms with Crippen LogP contribution in [0.1, 0.15) is 32.3 Å². The zero-order valence-corrected chi connectivity index (χ0v) is 10.4. The quantitative estimate of drug-likeness (QED) is 0.745. The van der Waals surface area contributed by atoms with E-state index in [0.29, 0.717) is 5.56 Å². The largest absolute Gasteiger partial charge is 0.313 e. The molecular weight excluding hydrogens is 220 g/mol. The van der Waals surface area contributed by atoms with Crippen molar-refractivity contribution >= 4 is 6.08 Å². The van der Waals surface area contributed by atoms with Gasteiger partial charge in [0.1, 0.15) is 11.6 Å². The van der Waals surface area contributed by atoms with Crippen LogP contribution in [0.25, 0.3) is 6.08 Å². The maximum Gasteiger partial charge on any atom is 0.126 e. The minimum Gasteiger partial charge on any atom is -0.313 e. The van der Waals surface area contributed by atoms with Crippen molar-refractivity contribution in [1.82, 2.24) is 5.32 Å². The summed E-state index contributed by atoms with van der Waals surface area (Å²) in [6.45, 7) is 5.86. The smallest absolute Gasteiger partial charge is 0.126 e. The molecule has 1 aromatic carbocycles. The minimum atomic E-state index is -0.534. The van der Waals surface area contributed by atoms with Gasteiger partial charge in [-0.2, -0.15) is 0 Å². The lowest BCUT2D eigenvalue weighted by Gasteiger charge is -2.06. The summed E-state index contributed by atoms with van der Waals surface area (Å²) in [6.07, 6.45) is 3.79. The van der Waals surface area contributed by atoms with Gasteiger partial charge < -0.3 is 5.32 Å².